The second-order valence-corrected chi connectivity index (χ2v) is 6.09. The maximum absolute atomic E-state index is 13.8. The summed E-state index contributed by atoms with van der Waals surface area (Å²) < 4.78 is 14.4. The van der Waals surface area contributed by atoms with Gasteiger partial charge >= 0.3 is 0 Å². The average molecular weight is 371 g/mol. The SMILES string of the molecule is CC(CCl)(NC(=O)c1cc(Br)ccc1F)c1ccccc1. The topological polar surface area (TPSA) is 29.1 Å². The lowest BCUT2D eigenvalue weighted by Gasteiger charge is -2.29. The van der Waals surface area contributed by atoms with Crippen molar-refractivity contribution in [3.8, 4) is 0 Å². The Hall–Kier alpha value is -1.39. The number of halogens is 3. The molecule has 1 N–H and O–H groups in total. The van der Waals surface area contributed by atoms with Gasteiger partial charge in [0.05, 0.1) is 11.1 Å². The Labute approximate surface area is 136 Å². The molecule has 110 valence electrons. The highest BCUT2D eigenvalue weighted by Gasteiger charge is 2.28. The Morgan fingerprint density at radius 3 is 2.57 bits per heavy atom. The molecule has 2 nitrogen and oxygen atoms in total. The first kappa shape index (κ1) is 16.0. The first-order chi connectivity index (χ1) is 9.96. The molecule has 2 rings (SSSR count). The van der Waals surface area contributed by atoms with E-state index in [-0.39, 0.29) is 11.4 Å². The summed E-state index contributed by atoms with van der Waals surface area (Å²) in [5, 5.41) is 2.81. The minimum Gasteiger partial charge on any atom is -0.341 e. The van der Waals surface area contributed by atoms with Gasteiger partial charge in [-0.2, -0.15) is 0 Å². The molecule has 0 spiro atoms. The van der Waals surface area contributed by atoms with Crippen LogP contribution in [0.5, 0.6) is 0 Å². The maximum Gasteiger partial charge on any atom is 0.255 e. The molecule has 0 aliphatic carbocycles. The zero-order valence-corrected chi connectivity index (χ0v) is 13.7. The van der Waals surface area contributed by atoms with Crippen LogP contribution in [0.3, 0.4) is 0 Å². The predicted octanol–water partition coefficient (Wildman–Crippen LogP) is 4.47. The van der Waals surface area contributed by atoms with Crippen LogP contribution in [0, 0.1) is 5.82 Å². The fourth-order valence-electron chi connectivity index (χ4n) is 1.98. The lowest BCUT2D eigenvalue weighted by molar-refractivity contribution is 0.0909. The number of alkyl halides is 1. The van der Waals surface area contributed by atoms with Crippen LogP contribution in [0.25, 0.3) is 0 Å². The van der Waals surface area contributed by atoms with Gasteiger partial charge in [-0.3, -0.25) is 4.79 Å². The number of carbonyl (C=O) groups excluding carboxylic acids is 1. The number of benzene rings is 2. The van der Waals surface area contributed by atoms with E-state index in [1.165, 1.54) is 12.1 Å². The lowest BCUT2D eigenvalue weighted by atomic mass is 9.93. The fraction of sp³-hybridized carbons (Fsp3) is 0.188. The molecule has 0 saturated carbocycles. The van der Waals surface area contributed by atoms with E-state index in [0.29, 0.717) is 4.47 Å². The van der Waals surface area contributed by atoms with Gasteiger partial charge in [-0.05, 0) is 30.7 Å². The van der Waals surface area contributed by atoms with E-state index in [9.17, 15) is 9.18 Å². The van der Waals surface area contributed by atoms with Crippen molar-refractivity contribution < 1.29 is 9.18 Å². The smallest absolute Gasteiger partial charge is 0.255 e. The largest absolute Gasteiger partial charge is 0.341 e. The van der Waals surface area contributed by atoms with Crippen LogP contribution < -0.4 is 5.32 Å². The summed E-state index contributed by atoms with van der Waals surface area (Å²) in [6.45, 7) is 1.81. The Morgan fingerprint density at radius 1 is 1.29 bits per heavy atom. The second kappa shape index (κ2) is 6.58. The van der Waals surface area contributed by atoms with Crippen molar-refractivity contribution in [1.82, 2.24) is 5.32 Å². The quantitative estimate of drug-likeness (QED) is 0.790. The van der Waals surface area contributed by atoms with Crippen LogP contribution in [0.15, 0.2) is 53.0 Å². The highest BCUT2D eigenvalue weighted by Crippen LogP contribution is 2.24. The van der Waals surface area contributed by atoms with Crippen LogP contribution in [-0.2, 0) is 5.54 Å². The summed E-state index contributed by atoms with van der Waals surface area (Å²) in [4.78, 5) is 12.3. The molecule has 0 aromatic heterocycles. The third-order valence-electron chi connectivity index (χ3n) is 3.24. The van der Waals surface area contributed by atoms with Crippen LogP contribution in [0.4, 0.5) is 4.39 Å². The third kappa shape index (κ3) is 3.63. The number of rotatable bonds is 4. The number of carbonyl (C=O) groups is 1. The van der Waals surface area contributed by atoms with E-state index >= 15 is 0 Å². The molecular weight excluding hydrogens is 357 g/mol. The van der Waals surface area contributed by atoms with E-state index in [4.69, 9.17) is 11.6 Å². The minimum atomic E-state index is -0.769. The number of nitrogens with one attached hydrogen (secondary N) is 1. The van der Waals surface area contributed by atoms with Gasteiger partial charge in [-0.15, -0.1) is 11.6 Å². The van der Waals surface area contributed by atoms with Crippen molar-refractivity contribution in [1.29, 1.82) is 0 Å². The molecule has 0 saturated heterocycles. The van der Waals surface area contributed by atoms with E-state index in [1.807, 2.05) is 37.3 Å². The summed E-state index contributed by atoms with van der Waals surface area (Å²) in [5.41, 5.74) is 0.0784. The van der Waals surface area contributed by atoms with Gasteiger partial charge in [0.15, 0.2) is 0 Å². The standard InChI is InChI=1S/C16H14BrClFNO/c1-16(10-18,11-5-3-2-4-6-11)20-15(21)13-9-12(17)7-8-14(13)19/h2-9H,10H2,1H3,(H,20,21). The zero-order chi connectivity index (χ0) is 15.5. The monoisotopic (exact) mass is 369 g/mol. The molecule has 21 heavy (non-hydrogen) atoms. The Bertz CT molecular complexity index is 650. The average Bonchev–Trinajstić information content (AvgIpc) is 2.50. The van der Waals surface area contributed by atoms with Gasteiger partial charge in [-0.25, -0.2) is 4.39 Å². The Balaban J connectivity index is 2.30. The highest BCUT2D eigenvalue weighted by molar-refractivity contribution is 9.10. The normalized spacial score (nSPS) is 13.5. The molecule has 0 aliphatic rings. The molecule has 1 atom stereocenters. The van der Waals surface area contributed by atoms with E-state index in [0.717, 1.165) is 5.56 Å². The van der Waals surface area contributed by atoms with Gasteiger partial charge in [0, 0.05) is 10.4 Å². The van der Waals surface area contributed by atoms with Crippen molar-refractivity contribution in [3.63, 3.8) is 0 Å². The second-order valence-electron chi connectivity index (χ2n) is 4.91. The minimum absolute atomic E-state index is 0.0170. The van der Waals surface area contributed by atoms with Gasteiger partial charge in [0.25, 0.3) is 5.91 Å². The van der Waals surface area contributed by atoms with Gasteiger partial charge in [0.2, 0.25) is 0 Å². The van der Waals surface area contributed by atoms with Crippen molar-refractivity contribution in [2.75, 3.05) is 5.88 Å². The molecule has 0 fully saturated rings. The molecule has 2 aromatic carbocycles. The highest BCUT2D eigenvalue weighted by atomic mass is 79.9. The van der Waals surface area contributed by atoms with Crippen molar-refractivity contribution in [3.05, 3.63) is 69.9 Å². The molecule has 0 aliphatic heterocycles. The summed E-state index contributed by atoms with van der Waals surface area (Å²) in [5.74, 6) is -0.889. The van der Waals surface area contributed by atoms with Gasteiger partial charge in [0.1, 0.15) is 5.82 Å². The van der Waals surface area contributed by atoms with E-state index < -0.39 is 17.3 Å². The Kier molecular flexibility index (Phi) is 5.01. The fourth-order valence-corrected chi connectivity index (χ4v) is 2.56. The molecule has 0 radical (unpaired) electrons. The zero-order valence-electron chi connectivity index (χ0n) is 11.4. The first-order valence-electron chi connectivity index (χ1n) is 6.35. The first-order valence-corrected chi connectivity index (χ1v) is 7.68. The summed E-state index contributed by atoms with van der Waals surface area (Å²) in [7, 11) is 0. The predicted molar refractivity (Wildman–Crippen MR) is 86.1 cm³/mol. The maximum atomic E-state index is 13.8. The molecule has 1 unspecified atom stereocenters. The van der Waals surface area contributed by atoms with E-state index in [1.54, 1.807) is 6.07 Å². The van der Waals surface area contributed by atoms with Crippen LogP contribution >= 0.6 is 27.5 Å². The molecule has 0 heterocycles. The molecule has 5 heteroatoms. The van der Waals surface area contributed by atoms with Gasteiger partial charge < -0.3 is 5.32 Å². The van der Waals surface area contributed by atoms with Crippen LogP contribution in [0.1, 0.15) is 22.8 Å². The van der Waals surface area contributed by atoms with Crippen molar-refractivity contribution >= 4 is 33.4 Å². The molecule has 0 bridgehead atoms. The summed E-state index contributed by atoms with van der Waals surface area (Å²) in [6, 6.07) is 13.6. The summed E-state index contributed by atoms with van der Waals surface area (Å²) >= 11 is 9.26. The summed E-state index contributed by atoms with van der Waals surface area (Å²) in [6.07, 6.45) is 0. The van der Waals surface area contributed by atoms with Crippen molar-refractivity contribution in [2.45, 2.75) is 12.5 Å². The van der Waals surface area contributed by atoms with Crippen LogP contribution in [0.2, 0.25) is 0 Å². The molecule has 2 aromatic rings. The number of hydrogen-bond donors (Lipinski definition) is 1. The lowest BCUT2D eigenvalue weighted by Crippen LogP contribution is -2.45. The van der Waals surface area contributed by atoms with E-state index in [2.05, 4.69) is 21.2 Å². The number of amides is 1. The van der Waals surface area contributed by atoms with Crippen molar-refractivity contribution in [2.24, 2.45) is 0 Å². The third-order valence-corrected chi connectivity index (χ3v) is 4.27. The Morgan fingerprint density at radius 2 is 1.95 bits per heavy atom. The van der Waals surface area contributed by atoms with Crippen LogP contribution in [-0.4, -0.2) is 11.8 Å². The number of hydrogen-bond acceptors (Lipinski definition) is 1. The van der Waals surface area contributed by atoms with Gasteiger partial charge in [-0.1, -0.05) is 46.3 Å². The molecular formula is C16H14BrClFNO. The molecule has 1 amide bonds.